The summed E-state index contributed by atoms with van der Waals surface area (Å²) in [6, 6.07) is 0. The monoisotopic (exact) mass is 228 g/mol. The number of β-amino-alcohol motifs (C(OH)–C–C–N with tert-alkyl or cyclic N) is 1. The molecular formula is C13H28N2O. The Bertz CT molecular complexity index is 175. The third-order valence-corrected chi connectivity index (χ3v) is 3.71. The summed E-state index contributed by atoms with van der Waals surface area (Å²) < 4.78 is 0. The van der Waals surface area contributed by atoms with Crippen molar-refractivity contribution < 1.29 is 5.11 Å². The molecule has 0 radical (unpaired) electrons. The zero-order chi connectivity index (χ0) is 12.0. The van der Waals surface area contributed by atoms with E-state index in [1.54, 1.807) is 0 Å². The van der Waals surface area contributed by atoms with Crippen LogP contribution in [-0.4, -0.2) is 60.3 Å². The topological polar surface area (TPSA) is 26.7 Å². The van der Waals surface area contributed by atoms with Crippen molar-refractivity contribution in [1.82, 2.24) is 9.80 Å². The van der Waals surface area contributed by atoms with Gasteiger partial charge in [-0.2, -0.15) is 0 Å². The third kappa shape index (κ3) is 4.81. The van der Waals surface area contributed by atoms with E-state index in [1.807, 2.05) is 0 Å². The van der Waals surface area contributed by atoms with Crippen LogP contribution in [-0.2, 0) is 0 Å². The number of aliphatic hydroxyl groups is 1. The summed E-state index contributed by atoms with van der Waals surface area (Å²) in [6.07, 6.45) is 2.39. The molecular weight excluding hydrogens is 200 g/mol. The molecule has 3 nitrogen and oxygen atoms in total. The van der Waals surface area contributed by atoms with Crippen LogP contribution >= 0.6 is 0 Å². The number of aliphatic hydroxyl groups excluding tert-OH is 1. The number of nitrogens with zero attached hydrogens (tertiary/aromatic N) is 2. The molecule has 0 saturated carbocycles. The molecule has 0 aliphatic carbocycles. The molecule has 3 heteroatoms. The molecule has 1 aliphatic rings. The van der Waals surface area contributed by atoms with E-state index < -0.39 is 0 Å². The fourth-order valence-electron chi connectivity index (χ4n) is 2.38. The maximum Gasteiger partial charge on any atom is 0.0793 e. The van der Waals surface area contributed by atoms with Gasteiger partial charge in [-0.15, -0.1) is 0 Å². The molecule has 16 heavy (non-hydrogen) atoms. The fourth-order valence-corrected chi connectivity index (χ4v) is 2.38. The number of rotatable bonds is 6. The first-order valence-electron chi connectivity index (χ1n) is 6.78. The van der Waals surface area contributed by atoms with Crippen molar-refractivity contribution in [3.63, 3.8) is 0 Å². The van der Waals surface area contributed by atoms with Crippen LogP contribution < -0.4 is 0 Å². The van der Waals surface area contributed by atoms with E-state index in [2.05, 4.69) is 30.6 Å². The lowest BCUT2D eigenvalue weighted by Gasteiger charge is -2.32. The average Bonchev–Trinajstić information content (AvgIpc) is 2.29. The van der Waals surface area contributed by atoms with E-state index in [0.29, 0.717) is 0 Å². The molecule has 1 unspecified atom stereocenters. The minimum absolute atomic E-state index is 0.187. The van der Waals surface area contributed by atoms with Gasteiger partial charge < -0.3 is 14.9 Å². The highest BCUT2D eigenvalue weighted by molar-refractivity contribution is 4.73. The van der Waals surface area contributed by atoms with Crippen LogP contribution in [0.15, 0.2) is 0 Å². The van der Waals surface area contributed by atoms with Crippen LogP contribution in [0.25, 0.3) is 0 Å². The first-order chi connectivity index (χ1) is 7.65. The predicted molar refractivity (Wildman–Crippen MR) is 68.6 cm³/mol. The number of likely N-dealkylation sites (N-methyl/N-ethyl adjacent to an activating group) is 1. The van der Waals surface area contributed by atoms with E-state index in [1.165, 1.54) is 12.8 Å². The SMILES string of the molecule is CCN(CC)CC(O)CN1CCC(C)CC1. The van der Waals surface area contributed by atoms with Gasteiger partial charge >= 0.3 is 0 Å². The normalized spacial score (nSPS) is 21.6. The quantitative estimate of drug-likeness (QED) is 0.745. The maximum atomic E-state index is 10.0. The number of likely N-dealkylation sites (tertiary alicyclic amines) is 1. The summed E-state index contributed by atoms with van der Waals surface area (Å²) in [7, 11) is 0. The molecule has 1 atom stereocenters. The molecule has 0 aromatic carbocycles. The summed E-state index contributed by atoms with van der Waals surface area (Å²) >= 11 is 0. The molecule has 0 amide bonds. The number of piperidine rings is 1. The summed E-state index contributed by atoms with van der Waals surface area (Å²) in [5.41, 5.74) is 0. The molecule has 1 N–H and O–H groups in total. The van der Waals surface area contributed by atoms with Crippen molar-refractivity contribution in [2.75, 3.05) is 39.3 Å². The smallest absolute Gasteiger partial charge is 0.0793 e. The van der Waals surface area contributed by atoms with E-state index in [9.17, 15) is 5.11 Å². The molecule has 1 rings (SSSR count). The van der Waals surface area contributed by atoms with Gasteiger partial charge in [0.05, 0.1) is 6.10 Å². The Balaban J connectivity index is 2.20. The molecule has 1 aliphatic heterocycles. The minimum Gasteiger partial charge on any atom is -0.390 e. The van der Waals surface area contributed by atoms with Crippen molar-refractivity contribution in [3.8, 4) is 0 Å². The van der Waals surface area contributed by atoms with E-state index in [4.69, 9.17) is 0 Å². The highest BCUT2D eigenvalue weighted by atomic mass is 16.3. The Morgan fingerprint density at radius 3 is 2.31 bits per heavy atom. The predicted octanol–water partition coefficient (Wildman–Crippen LogP) is 1.42. The molecule has 1 fully saturated rings. The van der Waals surface area contributed by atoms with Crippen LogP contribution in [0.3, 0.4) is 0 Å². The van der Waals surface area contributed by atoms with Crippen LogP contribution in [0.1, 0.15) is 33.6 Å². The molecule has 0 spiro atoms. The van der Waals surface area contributed by atoms with Crippen molar-refractivity contribution in [1.29, 1.82) is 0 Å². The Morgan fingerprint density at radius 1 is 1.25 bits per heavy atom. The Morgan fingerprint density at radius 2 is 1.81 bits per heavy atom. The van der Waals surface area contributed by atoms with Gasteiger partial charge in [0, 0.05) is 13.1 Å². The summed E-state index contributed by atoms with van der Waals surface area (Å²) in [5.74, 6) is 0.871. The van der Waals surface area contributed by atoms with Crippen molar-refractivity contribution in [3.05, 3.63) is 0 Å². The Kier molecular flexibility index (Phi) is 6.32. The molecule has 0 bridgehead atoms. The zero-order valence-electron chi connectivity index (χ0n) is 11.2. The fraction of sp³-hybridized carbons (Fsp3) is 1.00. The first kappa shape index (κ1) is 13.9. The van der Waals surface area contributed by atoms with Crippen LogP contribution in [0.5, 0.6) is 0 Å². The van der Waals surface area contributed by atoms with Gasteiger partial charge in [0.2, 0.25) is 0 Å². The van der Waals surface area contributed by atoms with Gasteiger partial charge in [0.15, 0.2) is 0 Å². The standard InChI is InChI=1S/C13H28N2O/c1-4-14(5-2)10-13(16)11-15-8-6-12(3)7-9-15/h12-13,16H,4-11H2,1-3H3. The van der Waals surface area contributed by atoms with Crippen LogP contribution in [0.2, 0.25) is 0 Å². The molecule has 0 aromatic rings. The largest absolute Gasteiger partial charge is 0.390 e. The number of hydrogen-bond donors (Lipinski definition) is 1. The highest BCUT2D eigenvalue weighted by Crippen LogP contribution is 2.15. The van der Waals surface area contributed by atoms with Crippen molar-refractivity contribution in [2.45, 2.75) is 39.7 Å². The lowest BCUT2D eigenvalue weighted by Crippen LogP contribution is -2.43. The third-order valence-electron chi connectivity index (χ3n) is 3.71. The van der Waals surface area contributed by atoms with Gasteiger partial charge in [0.1, 0.15) is 0 Å². The van der Waals surface area contributed by atoms with E-state index >= 15 is 0 Å². The number of hydrogen-bond acceptors (Lipinski definition) is 3. The first-order valence-corrected chi connectivity index (χ1v) is 6.78. The molecule has 0 aromatic heterocycles. The molecule has 96 valence electrons. The Labute approximate surface area is 100 Å². The second-order valence-corrected chi connectivity index (χ2v) is 5.12. The van der Waals surface area contributed by atoms with E-state index in [-0.39, 0.29) is 6.10 Å². The van der Waals surface area contributed by atoms with Crippen molar-refractivity contribution >= 4 is 0 Å². The lowest BCUT2D eigenvalue weighted by molar-refractivity contribution is 0.0640. The lowest BCUT2D eigenvalue weighted by atomic mass is 9.99. The average molecular weight is 228 g/mol. The zero-order valence-corrected chi connectivity index (χ0v) is 11.2. The van der Waals surface area contributed by atoms with E-state index in [0.717, 1.165) is 45.2 Å². The van der Waals surface area contributed by atoms with Gasteiger partial charge in [0.25, 0.3) is 0 Å². The van der Waals surface area contributed by atoms with Crippen LogP contribution in [0.4, 0.5) is 0 Å². The van der Waals surface area contributed by atoms with Gasteiger partial charge in [-0.1, -0.05) is 20.8 Å². The summed E-state index contributed by atoms with van der Waals surface area (Å²) in [5, 5.41) is 10.0. The van der Waals surface area contributed by atoms with Crippen LogP contribution in [0, 0.1) is 5.92 Å². The van der Waals surface area contributed by atoms with Gasteiger partial charge in [-0.05, 0) is 44.9 Å². The van der Waals surface area contributed by atoms with Gasteiger partial charge in [-0.3, -0.25) is 0 Å². The second kappa shape index (κ2) is 7.25. The Hall–Kier alpha value is -0.120. The molecule has 1 saturated heterocycles. The summed E-state index contributed by atoms with van der Waals surface area (Å²) in [4.78, 5) is 4.70. The highest BCUT2D eigenvalue weighted by Gasteiger charge is 2.18. The second-order valence-electron chi connectivity index (χ2n) is 5.12. The maximum absolute atomic E-state index is 10.0. The molecule has 1 heterocycles. The summed E-state index contributed by atoms with van der Waals surface area (Å²) in [6.45, 7) is 12.7. The minimum atomic E-state index is -0.187. The van der Waals surface area contributed by atoms with Crippen molar-refractivity contribution in [2.24, 2.45) is 5.92 Å². The van der Waals surface area contributed by atoms with Gasteiger partial charge in [-0.25, -0.2) is 0 Å².